The van der Waals surface area contributed by atoms with Crippen molar-refractivity contribution in [3.8, 4) is 5.75 Å². The van der Waals surface area contributed by atoms with Crippen molar-refractivity contribution in [3.63, 3.8) is 0 Å². The van der Waals surface area contributed by atoms with E-state index in [-0.39, 0.29) is 0 Å². The third-order valence-electron chi connectivity index (χ3n) is 3.17. The van der Waals surface area contributed by atoms with Gasteiger partial charge < -0.3 is 9.47 Å². The number of carbonyl (C=O) groups excluding carboxylic acids is 1. The van der Waals surface area contributed by atoms with E-state index in [4.69, 9.17) is 9.47 Å². The van der Waals surface area contributed by atoms with Gasteiger partial charge in [0.25, 0.3) is 0 Å². The number of aryl methyl sites for hydroxylation is 1. The second kappa shape index (κ2) is 5.39. The molecule has 0 amide bonds. The van der Waals surface area contributed by atoms with E-state index in [0.717, 1.165) is 5.56 Å². The van der Waals surface area contributed by atoms with Crippen LogP contribution in [0.25, 0.3) is 10.9 Å². The standard InChI is InChI=1S/C16H20FNO3/c1-10-8-13(20-5)12(9-17)11-6-7-18(14(10)11)15(19)21-16(2,3)4/h6-8H,9H2,1-5H3. The normalized spacial score (nSPS) is 11.7. The van der Waals surface area contributed by atoms with Crippen molar-refractivity contribution >= 4 is 17.0 Å². The Morgan fingerprint density at radius 1 is 1.38 bits per heavy atom. The summed E-state index contributed by atoms with van der Waals surface area (Å²) in [4.78, 5) is 12.3. The molecule has 0 aliphatic heterocycles. The molecule has 0 spiro atoms. The van der Waals surface area contributed by atoms with Gasteiger partial charge >= 0.3 is 6.09 Å². The molecule has 0 N–H and O–H groups in total. The van der Waals surface area contributed by atoms with Gasteiger partial charge in [-0.25, -0.2) is 9.18 Å². The smallest absolute Gasteiger partial charge is 0.419 e. The number of aromatic nitrogens is 1. The topological polar surface area (TPSA) is 40.5 Å². The Morgan fingerprint density at radius 2 is 2.05 bits per heavy atom. The average Bonchev–Trinajstić information content (AvgIpc) is 2.81. The summed E-state index contributed by atoms with van der Waals surface area (Å²) in [5, 5.41) is 0.667. The molecule has 0 radical (unpaired) electrons. The van der Waals surface area contributed by atoms with E-state index < -0.39 is 18.4 Å². The van der Waals surface area contributed by atoms with Gasteiger partial charge in [0.15, 0.2) is 0 Å². The lowest BCUT2D eigenvalue weighted by atomic mass is 10.1. The highest BCUT2D eigenvalue weighted by molar-refractivity contribution is 5.95. The van der Waals surface area contributed by atoms with E-state index >= 15 is 0 Å². The van der Waals surface area contributed by atoms with Gasteiger partial charge in [-0.05, 0) is 45.4 Å². The fourth-order valence-corrected chi connectivity index (χ4v) is 2.35. The molecular formula is C16H20FNO3. The first-order valence-electron chi connectivity index (χ1n) is 6.75. The number of carbonyl (C=O) groups is 1. The zero-order valence-corrected chi connectivity index (χ0v) is 13.0. The van der Waals surface area contributed by atoms with Crippen molar-refractivity contribution in [2.75, 3.05) is 7.11 Å². The van der Waals surface area contributed by atoms with Crippen LogP contribution in [0.15, 0.2) is 18.3 Å². The molecule has 1 heterocycles. The zero-order chi connectivity index (χ0) is 15.8. The Kier molecular flexibility index (Phi) is 3.94. The second-order valence-corrected chi connectivity index (χ2v) is 5.94. The monoisotopic (exact) mass is 293 g/mol. The predicted molar refractivity (Wildman–Crippen MR) is 79.7 cm³/mol. The maximum atomic E-state index is 13.3. The number of halogens is 1. The minimum atomic E-state index is -0.654. The lowest BCUT2D eigenvalue weighted by Gasteiger charge is -2.20. The third kappa shape index (κ3) is 2.86. The highest BCUT2D eigenvalue weighted by Gasteiger charge is 2.21. The summed E-state index contributed by atoms with van der Waals surface area (Å²) in [5.74, 6) is 0.490. The van der Waals surface area contributed by atoms with E-state index in [1.54, 1.807) is 39.1 Å². The maximum absolute atomic E-state index is 13.3. The third-order valence-corrected chi connectivity index (χ3v) is 3.17. The Balaban J connectivity index is 2.61. The molecular weight excluding hydrogens is 273 g/mol. The van der Waals surface area contributed by atoms with Crippen LogP contribution in [-0.4, -0.2) is 23.4 Å². The molecule has 2 aromatic rings. The van der Waals surface area contributed by atoms with Gasteiger partial charge in [-0.2, -0.15) is 0 Å². The molecule has 1 aromatic carbocycles. The molecule has 0 bridgehead atoms. The number of rotatable bonds is 2. The summed E-state index contributed by atoms with van der Waals surface area (Å²) in [7, 11) is 1.50. The highest BCUT2D eigenvalue weighted by atomic mass is 19.1. The van der Waals surface area contributed by atoms with Gasteiger partial charge in [0.05, 0.1) is 12.6 Å². The fourth-order valence-electron chi connectivity index (χ4n) is 2.35. The highest BCUT2D eigenvalue weighted by Crippen LogP contribution is 2.32. The zero-order valence-electron chi connectivity index (χ0n) is 13.0. The molecule has 1 aromatic heterocycles. The van der Waals surface area contributed by atoms with Crippen molar-refractivity contribution in [1.29, 1.82) is 0 Å². The van der Waals surface area contributed by atoms with Crippen LogP contribution < -0.4 is 4.74 Å². The van der Waals surface area contributed by atoms with E-state index in [1.165, 1.54) is 11.7 Å². The van der Waals surface area contributed by atoms with Crippen LogP contribution in [-0.2, 0) is 11.4 Å². The first kappa shape index (κ1) is 15.4. The van der Waals surface area contributed by atoms with Crippen LogP contribution in [0.3, 0.4) is 0 Å². The molecule has 5 heteroatoms. The molecule has 2 rings (SSSR count). The molecule has 21 heavy (non-hydrogen) atoms. The average molecular weight is 293 g/mol. The van der Waals surface area contributed by atoms with Crippen LogP contribution in [0.2, 0.25) is 0 Å². The summed E-state index contributed by atoms with van der Waals surface area (Å²) >= 11 is 0. The Hall–Kier alpha value is -2.04. The Labute approximate surface area is 123 Å². The van der Waals surface area contributed by atoms with E-state index in [1.807, 2.05) is 6.92 Å². The Bertz CT molecular complexity index is 683. The summed E-state index contributed by atoms with van der Waals surface area (Å²) in [6.45, 7) is 6.62. The van der Waals surface area contributed by atoms with Crippen molar-refractivity contribution in [1.82, 2.24) is 4.57 Å². The van der Waals surface area contributed by atoms with E-state index in [2.05, 4.69) is 0 Å². The number of hydrogen-bond acceptors (Lipinski definition) is 3. The van der Waals surface area contributed by atoms with E-state index in [9.17, 15) is 9.18 Å². The lowest BCUT2D eigenvalue weighted by molar-refractivity contribution is 0.0544. The lowest BCUT2D eigenvalue weighted by Crippen LogP contribution is -2.26. The number of fused-ring (bicyclic) bond motifs is 1. The molecule has 0 atom stereocenters. The molecule has 114 valence electrons. The quantitative estimate of drug-likeness (QED) is 0.832. The minimum absolute atomic E-state index is 0.445. The molecule has 0 aliphatic rings. The number of nitrogens with zero attached hydrogens (tertiary/aromatic N) is 1. The Morgan fingerprint density at radius 3 is 2.57 bits per heavy atom. The van der Waals surface area contributed by atoms with Crippen LogP contribution >= 0.6 is 0 Å². The molecule has 0 saturated heterocycles. The maximum Gasteiger partial charge on any atom is 0.419 e. The minimum Gasteiger partial charge on any atom is -0.496 e. The van der Waals surface area contributed by atoms with Crippen molar-refractivity contribution in [2.45, 2.75) is 40.0 Å². The largest absolute Gasteiger partial charge is 0.496 e. The summed E-state index contributed by atoms with van der Waals surface area (Å²) in [5.41, 5.74) is 1.34. The fraction of sp³-hybridized carbons (Fsp3) is 0.438. The van der Waals surface area contributed by atoms with Gasteiger partial charge in [0.1, 0.15) is 18.0 Å². The first-order valence-corrected chi connectivity index (χ1v) is 6.75. The van der Waals surface area contributed by atoms with Gasteiger partial charge in [-0.15, -0.1) is 0 Å². The van der Waals surface area contributed by atoms with Crippen molar-refractivity contribution < 1.29 is 18.7 Å². The predicted octanol–water partition coefficient (Wildman–Crippen LogP) is 4.21. The summed E-state index contributed by atoms with van der Waals surface area (Å²) in [6, 6.07) is 3.45. The number of alkyl halides is 1. The van der Waals surface area contributed by atoms with Crippen LogP contribution in [0.4, 0.5) is 9.18 Å². The van der Waals surface area contributed by atoms with Gasteiger partial charge in [-0.3, -0.25) is 4.57 Å². The number of hydrogen-bond donors (Lipinski definition) is 0. The van der Waals surface area contributed by atoms with E-state index in [0.29, 0.717) is 22.2 Å². The SMILES string of the molecule is COc1cc(C)c2c(ccn2C(=O)OC(C)(C)C)c1CF. The molecule has 0 aliphatic carbocycles. The van der Waals surface area contributed by atoms with Crippen LogP contribution in [0.1, 0.15) is 31.9 Å². The first-order chi connectivity index (χ1) is 9.78. The van der Waals surface area contributed by atoms with Gasteiger partial charge in [0.2, 0.25) is 0 Å². The number of ether oxygens (including phenoxy) is 2. The number of methoxy groups -OCH3 is 1. The van der Waals surface area contributed by atoms with Crippen LogP contribution in [0, 0.1) is 6.92 Å². The molecule has 0 saturated carbocycles. The molecule has 0 fully saturated rings. The van der Waals surface area contributed by atoms with Crippen molar-refractivity contribution in [2.24, 2.45) is 0 Å². The van der Waals surface area contributed by atoms with Gasteiger partial charge in [-0.1, -0.05) is 0 Å². The summed E-state index contributed by atoms with van der Waals surface area (Å²) < 4.78 is 25.3. The summed E-state index contributed by atoms with van der Waals surface area (Å²) in [6.07, 6.45) is 1.13. The number of benzene rings is 1. The van der Waals surface area contributed by atoms with Crippen molar-refractivity contribution in [3.05, 3.63) is 29.5 Å². The molecule has 4 nitrogen and oxygen atoms in total. The molecule has 0 unspecified atom stereocenters. The van der Waals surface area contributed by atoms with Gasteiger partial charge in [0, 0.05) is 17.1 Å². The second-order valence-electron chi connectivity index (χ2n) is 5.94. The van der Waals surface area contributed by atoms with Crippen LogP contribution in [0.5, 0.6) is 5.75 Å².